The number of carbonyl (C=O) groups excluding carboxylic acids is 1. The van der Waals surface area contributed by atoms with Gasteiger partial charge in [0.15, 0.2) is 12.6 Å². The summed E-state index contributed by atoms with van der Waals surface area (Å²) in [5.74, 6) is -0.259. The second-order valence-corrected chi connectivity index (χ2v) is 20.3. The van der Waals surface area contributed by atoms with Crippen molar-refractivity contribution >= 4 is 45.2 Å². The van der Waals surface area contributed by atoms with Crippen LogP contribution in [0, 0.1) is 0 Å². The molecule has 4 unspecified atom stereocenters. The molecule has 308 valence electrons. The van der Waals surface area contributed by atoms with E-state index < -0.39 is 60.3 Å². The van der Waals surface area contributed by atoms with E-state index in [1.807, 2.05) is 43.3 Å². The number of unbranched alkanes of at least 4 members (excludes halogenated alkanes) is 2. The lowest BCUT2D eigenvalue weighted by Crippen LogP contribution is -2.68. The van der Waals surface area contributed by atoms with E-state index >= 15 is 0 Å². The Bertz CT molecular complexity index is 1860. The summed E-state index contributed by atoms with van der Waals surface area (Å²) in [6.07, 6.45) is 2.41. The largest absolute Gasteiger partial charge is 0.560 e. The molecule has 1 aliphatic rings. The Morgan fingerprint density at radius 2 is 1.56 bits per heavy atom. The summed E-state index contributed by atoms with van der Waals surface area (Å²) < 4.78 is 39.2. The minimum atomic E-state index is -3.19. The predicted octanol–water partition coefficient (Wildman–Crippen LogP) is 4.76. The van der Waals surface area contributed by atoms with Crippen LogP contribution in [0.5, 0.6) is 0 Å². The second-order valence-electron chi connectivity index (χ2n) is 16.0. The van der Waals surface area contributed by atoms with E-state index in [0.29, 0.717) is 19.6 Å². The smallest absolute Gasteiger partial charge is 0.414 e. The van der Waals surface area contributed by atoms with Crippen molar-refractivity contribution in [1.29, 1.82) is 0 Å². The molecule has 2 heterocycles. The zero-order chi connectivity index (χ0) is 41.7. The molecule has 57 heavy (non-hydrogen) atoms. The lowest BCUT2D eigenvalue weighted by molar-refractivity contribution is -0.168. The van der Waals surface area contributed by atoms with Crippen molar-refractivity contribution in [2.24, 2.45) is 9.98 Å². The van der Waals surface area contributed by atoms with Crippen molar-refractivity contribution in [3.05, 3.63) is 93.8 Å². The first-order chi connectivity index (χ1) is 27.1. The van der Waals surface area contributed by atoms with E-state index in [1.54, 1.807) is 20.8 Å². The summed E-state index contributed by atoms with van der Waals surface area (Å²) in [4.78, 5) is 50.4. The average Bonchev–Trinajstić information content (AvgIpc) is 3.44. The Kier molecular flexibility index (Phi) is 16.2. The zero-order valence-electron chi connectivity index (χ0n) is 34.5. The van der Waals surface area contributed by atoms with Crippen LogP contribution in [0.25, 0.3) is 0 Å². The molecule has 1 aromatic heterocycles. The first-order valence-corrected chi connectivity index (χ1v) is 21.4. The SMILES string of the molecule is [B]OC=NC(=NC1C(n2ccc(=O)[nH]c2=O)OC(COCCCC)(CO[Si](c2ccccc2)(c2ccccc2)C(C)(C)C)C1OCCCC)NC(=O)OC(C)(C)C. The Labute approximate surface area is 338 Å². The average molecular weight is 804 g/mol. The number of H-pyrrole nitrogens is 1. The Balaban J connectivity index is 2.00. The van der Waals surface area contributed by atoms with E-state index in [2.05, 4.69) is 71.9 Å². The Morgan fingerprint density at radius 1 is 0.947 bits per heavy atom. The lowest BCUT2D eigenvalue weighted by atomic mass is 9.95. The Morgan fingerprint density at radius 3 is 2.11 bits per heavy atom. The van der Waals surface area contributed by atoms with Crippen molar-refractivity contribution in [3.63, 3.8) is 0 Å². The van der Waals surface area contributed by atoms with Crippen LogP contribution >= 0.6 is 0 Å². The summed E-state index contributed by atoms with van der Waals surface area (Å²) in [6.45, 7) is 16.5. The molecular formula is C41H58BN5O9Si. The number of amides is 1. The molecule has 1 fully saturated rings. The number of hydrogen-bond acceptors (Lipinski definition) is 10. The fourth-order valence-corrected chi connectivity index (χ4v) is 11.5. The molecule has 2 radical (unpaired) electrons. The molecule has 0 aliphatic carbocycles. The van der Waals surface area contributed by atoms with Gasteiger partial charge in [0.05, 0.1) is 13.2 Å². The minimum absolute atomic E-state index is 0.00732. The van der Waals surface area contributed by atoms with E-state index in [4.69, 9.17) is 36.4 Å². The van der Waals surface area contributed by atoms with Crippen LogP contribution in [0.2, 0.25) is 5.04 Å². The highest BCUT2D eigenvalue weighted by molar-refractivity contribution is 6.99. The number of carbonyl (C=O) groups is 1. The molecule has 4 rings (SSSR count). The topological polar surface area (TPSA) is 164 Å². The standard InChI is InChI=1S/C41H58BN5O9Si/c1-9-11-25-51-27-41(28-54-57(40(6,7)8,30-19-15-13-16-20-30)31-21-17-14-18-22-31)34(52-26-12-10-2)33(35(55-41)47-24-23-32(48)44-37(47)49)45-36(43-29-53-42)46-38(50)56-39(3,4)5/h13-24,29,33-35H,9-12,25-28H2,1-8H3,(H,44,48,49)(H,45,46,50). The van der Waals surface area contributed by atoms with Crippen molar-refractivity contribution < 1.29 is 32.8 Å². The molecule has 1 aliphatic heterocycles. The van der Waals surface area contributed by atoms with Crippen LogP contribution in [0.15, 0.2) is 92.5 Å². The number of nitrogens with zero attached hydrogens (tertiary/aromatic N) is 3. The third kappa shape index (κ3) is 11.6. The molecular weight excluding hydrogens is 745 g/mol. The zero-order valence-corrected chi connectivity index (χ0v) is 35.5. The number of ether oxygens (including phenoxy) is 4. The fraction of sp³-hybridized carbons (Fsp3) is 0.537. The van der Waals surface area contributed by atoms with Gasteiger partial charge < -0.3 is 28.0 Å². The minimum Gasteiger partial charge on any atom is -0.560 e. The highest BCUT2D eigenvalue weighted by atomic mass is 28.4. The number of benzene rings is 2. The first kappa shape index (κ1) is 45.4. The summed E-state index contributed by atoms with van der Waals surface area (Å²) in [5, 5.41) is 4.27. The molecule has 3 aromatic rings. The third-order valence-corrected chi connectivity index (χ3v) is 14.4. The van der Waals surface area contributed by atoms with Crippen LogP contribution < -0.4 is 26.9 Å². The van der Waals surface area contributed by atoms with Gasteiger partial charge in [0.1, 0.15) is 23.3 Å². The number of hydrogen-bond donors (Lipinski definition) is 2. The van der Waals surface area contributed by atoms with Crippen LogP contribution in [0.1, 0.15) is 87.3 Å². The van der Waals surface area contributed by atoms with E-state index in [9.17, 15) is 14.4 Å². The van der Waals surface area contributed by atoms with Gasteiger partial charge in [0, 0.05) is 25.5 Å². The maximum absolute atomic E-state index is 13.6. The number of guanidine groups is 1. The predicted molar refractivity (Wildman–Crippen MR) is 224 cm³/mol. The molecule has 1 amide bonds. The normalized spacial score (nSPS) is 20.5. The van der Waals surface area contributed by atoms with Gasteiger partial charge in [-0.15, -0.1) is 0 Å². The molecule has 16 heteroatoms. The maximum Gasteiger partial charge on any atom is 0.414 e. The molecule has 0 spiro atoms. The van der Waals surface area contributed by atoms with Gasteiger partial charge in [-0.05, 0) is 49.0 Å². The summed E-state index contributed by atoms with van der Waals surface area (Å²) in [5.41, 5.74) is -3.59. The van der Waals surface area contributed by atoms with E-state index in [-0.39, 0.29) is 19.2 Å². The number of aromatic amines is 1. The van der Waals surface area contributed by atoms with Gasteiger partial charge in [-0.25, -0.2) is 14.6 Å². The van der Waals surface area contributed by atoms with Crippen LogP contribution in [-0.4, -0.2) is 94.1 Å². The maximum atomic E-state index is 13.6. The van der Waals surface area contributed by atoms with Crippen molar-refractivity contribution in [2.75, 3.05) is 26.4 Å². The van der Waals surface area contributed by atoms with Gasteiger partial charge in [-0.3, -0.25) is 19.7 Å². The van der Waals surface area contributed by atoms with Gasteiger partial charge >= 0.3 is 19.8 Å². The molecule has 0 bridgehead atoms. The summed E-state index contributed by atoms with van der Waals surface area (Å²) in [6, 6.07) is 20.5. The van der Waals surface area contributed by atoms with Crippen molar-refractivity contribution in [1.82, 2.24) is 14.9 Å². The van der Waals surface area contributed by atoms with Gasteiger partial charge in [0.2, 0.25) is 5.96 Å². The molecule has 1 saturated heterocycles. The molecule has 4 atom stereocenters. The molecule has 0 saturated carbocycles. The number of rotatable bonds is 17. The number of alkyl carbamates (subject to hydrolysis) is 1. The van der Waals surface area contributed by atoms with E-state index in [0.717, 1.165) is 36.0 Å². The second kappa shape index (κ2) is 20.4. The number of nitrogens with one attached hydrogen (secondary N) is 2. The number of aromatic nitrogens is 2. The Hall–Kier alpha value is -4.35. The highest BCUT2D eigenvalue weighted by Gasteiger charge is 2.60. The van der Waals surface area contributed by atoms with Crippen LogP contribution in [0.4, 0.5) is 4.79 Å². The van der Waals surface area contributed by atoms with Gasteiger partial charge in [0.25, 0.3) is 13.9 Å². The van der Waals surface area contributed by atoms with E-state index in [1.165, 1.54) is 16.8 Å². The van der Waals surface area contributed by atoms with Crippen molar-refractivity contribution in [3.8, 4) is 0 Å². The van der Waals surface area contributed by atoms with Crippen LogP contribution in [0.3, 0.4) is 0 Å². The quantitative estimate of drug-likeness (QED) is 0.0848. The number of aliphatic imine (C=N–C) groups is 2. The van der Waals surface area contributed by atoms with Crippen molar-refractivity contribution in [2.45, 2.75) is 116 Å². The molecule has 14 nitrogen and oxygen atoms in total. The highest BCUT2D eigenvalue weighted by Crippen LogP contribution is 2.44. The van der Waals surface area contributed by atoms with Crippen LogP contribution in [-0.2, 0) is 28.0 Å². The molecule has 2 aromatic carbocycles. The lowest BCUT2D eigenvalue weighted by Gasteiger charge is -2.45. The monoisotopic (exact) mass is 803 g/mol. The first-order valence-electron chi connectivity index (χ1n) is 19.5. The van der Waals surface area contributed by atoms with Gasteiger partial charge in [-0.2, -0.15) is 4.99 Å². The van der Waals surface area contributed by atoms with Gasteiger partial charge in [-0.1, -0.05) is 108 Å². The summed E-state index contributed by atoms with van der Waals surface area (Å²) >= 11 is 0. The summed E-state index contributed by atoms with van der Waals surface area (Å²) in [7, 11) is 2.11. The third-order valence-electron chi connectivity index (χ3n) is 9.46. The fourth-order valence-electron chi connectivity index (χ4n) is 6.90. The molecule has 2 N–H and O–H groups in total.